The molecule has 7 heteroatoms. The number of carbonyl (C=O) groups is 3. The summed E-state index contributed by atoms with van der Waals surface area (Å²) in [5.41, 5.74) is 3.37. The van der Waals surface area contributed by atoms with Crippen LogP contribution < -0.4 is 5.32 Å². The van der Waals surface area contributed by atoms with Gasteiger partial charge < -0.3 is 20.1 Å². The zero-order chi connectivity index (χ0) is 25.2. The molecule has 7 nitrogen and oxygen atoms in total. The standard InChI is InChI=1S/C28H34N2O5/c1-4-13-28(3,26(33)30-15-18(2)14-19(16-30)25(31)32)29-27(34)35-17-24-22-11-7-5-9-20(22)21-10-6-8-12-23(21)24/h5-12,18-19,24H,4,13-17H2,1-3H3,(H,29,34)(H,31,32). The number of benzene rings is 2. The van der Waals surface area contributed by atoms with Gasteiger partial charge in [-0.1, -0.05) is 68.8 Å². The Bertz CT molecular complexity index is 1070. The van der Waals surface area contributed by atoms with Crippen LogP contribution in [-0.2, 0) is 14.3 Å². The Balaban J connectivity index is 1.46. The molecule has 3 unspecified atom stereocenters. The molecule has 35 heavy (non-hydrogen) atoms. The van der Waals surface area contributed by atoms with Gasteiger partial charge in [0, 0.05) is 19.0 Å². The van der Waals surface area contributed by atoms with E-state index in [2.05, 4.69) is 29.6 Å². The van der Waals surface area contributed by atoms with E-state index in [1.807, 2.05) is 38.1 Å². The summed E-state index contributed by atoms with van der Waals surface area (Å²) in [5, 5.41) is 12.3. The number of carboxylic acid groups (broad SMARTS) is 1. The van der Waals surface area contributed by atoms with Gasteiger partial charge in [-0.25, -0.2) is 4.79 Å². The molecule has 2 aromatic rings. The van der Waals surface area contributed by atoms with Gasteiger partial charge in [-0.15, -0.1) is 0 Å². The van der Waals surface area contributed by atoms with Gasteiger partial charge in [0.1, 0.15) is 12.1 Å². The quantitative estimate of drug-likeness (QED) is 0.604. The lowest BCUT2D eigenvalue weighted by molar-refractivity contribution is -0.149. The highest BCUT2D eigenvalue weighted by Gasteiger charge is 2.42. The van der Waals surface area contributed by atoms with Crippen molar-refractivity contribution in [3.63, 3.8) is 0 Å². The first-order chi connectivity index (χ1) is 16.7. The molecule has 2 amide bonds. The first-order valence-electron chi connectivity index (χ1n) is 12.4. The molecule has 1 fully saturated rings. The normalized spacial score (nSPS) is 20.9. The number of hydrogen-bond donors (Lipinski definition) is 2. The van der Waals surface area contributed by atoms with E-state index in [0.29, 0.717) is 25.8 Å². The van der Waals surface area contributed by atoms with Crippen LogP contribution in [0.1, 0.15) is 57.1 Å². The van der Waals surface area contributed by atoms with Crippen LogP contribution >= 0.6 is 0 Å². The number of carboxylic acids is 1. The van der Waals surface area contributed by atoms with E-state index in [9.17, 15) is 19.5 Å². The highest BCUT2D eigenvalue weighted by Crippen LogP contribution is 2.44. The second kappa shape index (κ2) is 10.1. The number of aliphatic carboxylic acids is 1. The average Bonchev–Trinajstić information content (AvgIpc) is 3.15. The Kier molecular flexibility index (Phi) is 7.15. The Hall–Kier alpha value is -3.35. The van der Waals surface area contributed by atoms with Crippen molar-refractivity contribution in [1.82, 2.24) is 10.2 Å². The van der Waals surface area contributed by atoms with Gasteiger partial charge in [0.2, 0.25) is 5.91 Å². The molecule has 2 aliphatic rings. The molecule has 3 atom stereocenters. The van der Waals surface area contributed by atoms with Crippen molar-refractivity contribution in [1.29, 1.82) is 0 Å². The maximum atomic E-state index is 13.5. The van der Waals surface area contributed by atoms with Gasteiger partial charge in [-0.05, 0) is 47.9 Å². The molecular formula is C28H34N2O5. The molecule has 0 bridgehead atoms. The Morgan fingerprint density at radius 2 is 1.66 bits per heavy atom. The Labute approximate surface area is 206 Å². The molecular weight excluding hydrogens is 444 g/mol. The number of hydrogen-bond acceptors (Lipinski definition) is 4. The molecule has 2 aromatic carbocycles. The summed E-state index contributed by atoms with van der Waals surface area (Å²) in [6.07, 6.45) is 1.01. The van der Waals surface area contributed by atoms with Crippen LogP contribution in [0.25, 0.3) is 11.1 Å². The number of fused-ring (bicyclic) bond motifs is 3. The van der Waals surface area contributed by atoms with Crippen LogP contribution in [-0.4, -0.2) is 53.2 Å². The first kappa shape index (κ1) is 24.8. The van der Waals surface area contributed by atoms with Crippen molar-refractivity contribution in [2.24, 2.45) is 11.8 Å². The lowest BCUT2D eigenvalue weighted by Crippen LogP contribution is -2.60. The lowest BCUT2D eigenvalue weighted by Gasteiger charge is -2.40. The molecule has 1 aliphatic heterocycles. The summed E-state index contributed by atoms with van der Waals surface area (Å²) in [4.78, 5) is 39.6. The predicted octanol–water partition coefficient (Wildman–Crippen LogP) is 4.65. The van der Waals surface area contributed by atoms with E-state index in [1.165, 1.54) is 0 Å². The molecule has 0 radical (unpaired) electrons. The fraction of sp³-hybridized carbons (Fsp3) is 0.464. The number of nitrogens with zero attached hydrogens (tertiary/aromatic N) is 1. The summed E-state index contributed by atoms with van der Waals surface area (Å²) in [6.45, 7) is 6.40. The third-order valence-electron chi connectivity index (χ3n) is 7.24. The molecule has 1 aliphatic carbocycles. The third-order valence-corrected chi connectivity index (χ3v) is 7.24. The average molecular weight is 479 g/mol. The highest BCUT2D eigenvalue weighted by molar-refractivity contribution is 5.90. The minimum absolute atomic E-state index is 0.0689. The molecule has 0 spiro atoms. The minimum Gasteiger partial charge on any atom is -0.481 e. The maximum absolute atomic E-state index is 13.5. The largest absolute Gasteiger partial charge is 0.481 e. The van der Waals surface area contributed by atoms with Crippen LogP contribution in [0, 0.1) is 11.8 Å². The lowest BCUT2D eigenvalue weighted by atomic mass is 9.87. The number of alkyl carbamates (subject to hydrolysis) is 1. The zero-order valence-electron chi connectivity index (χ0n) is 20.6. The van der Waals surface area contributed by atoms with Gasteiger partial charge in [0.25, 0.3) is 0 Å². The van der Waals surface area contributed by atoms with E-state index in [1.54, 1.807) is 11.8 Å². The van der Waals surface area contributed by atoms with E-state index in [4.69, 9.17) is 4.74 Å². The summed E-state index contributed by atoms with van der Waals surface area (Å²) in [5.74, 6) is -1.74. The zero-order valence-corrected chi connectivity index (χ0v) is 20.6. The maximum Gasteiger partial charge on any atom is 0.408 e. The molecule has 1 heterocycles. The number of nitrogens with one attached hydrogen (secondary N) is 1. The fourth-order valence-corrected chi connectivity index (χ4v) is 5.63. The van der Waals surface area contributed by atoms with Crippen molar-refractivity contribution in [2.75, 3.05) is 19.7 Å². The summed E-state index contributed by atoms with van der Waals surface area (Å²) in [7, 11) is 0. The smallest absolute Gasteiger partial charge is 0.408 e. The van der Waals surface area contributed by atoms with Crippen molar-refractivity contribution in [3.05, 3.63) is 59.7 Å². The predicted molar refractivity (Wildman–Crippen MR) is 133 cm³/mol. The van der Waals surface area contributed by atoms with Crippen molar-refractivity contribution < 1.29 is 24.2 Å². The Morgan fingerprint density at radius 3 is 2.23 bits per heavy atom. The second-order valence-corrected chi connectivity index (χ2v) is 10.1. The Morgan fingerprint density at radius 1 is 1.06 bits per heavy atom. The number of likely N-dealkylation sites (tertiary alicyclic amines) is 1. The third kappa shape index (κ3) is 5.04. The van der Waals surface area contributed by atoms with Crippen LogP contribution in [0.15, 0.2) is 48.5 Å². The topological polar surface area (TPSA) is 95.9 Å². The monoisotopic (exact) mass is 478 g/mol. The molecule has 0 saturated carbocycles. The summed E-state index contributed by atoms with van der Waals surface area (Å²) < 4.78 is 5.68. The molecule has 4 rings (SSSR count). The van der Waals surface area contributed by atoms with Crippen LogP contribution in [0.4, 0.5) is 4.79 Å². The van der Waals surface area contributed by atoms with Gasteiger partial charge in [-0.3, -0.25) is 9.59 Å². The second-order valence-electron chi connectivity index (χ2n) is 10.1. The van der Waals surface area contributed by atoms with Crippen LogP contribution in [0.3, 0.4) is 0 Å². The highest BCUT2D eigenvalue weighted by atomic mass is 16.5. The van der Waals surface area contributed by atoms with E-state index < -0.39 is 23.5 Å². The van der Waals surface area contributed by atoms with Crippen LogP contribution in [0.2, 0.25) is 0 Å². The minimum atomic E-state index is -1.17. The summed E-state index contributed by atoms with van der Waals surface area (Å²) in [6, 6.07) is 16.3. The van der Waals surface area contributed by atoms with E-state index in [0.717, 1.165) is 22.3 Å². The van der Waals surface area contributed by atoms with E-state index in [-0.39, 0.29) is 30.9 Å². The number of amides is 2. The number of ether oxygens (including phenoxy) is 1. The fourth-order valence-electron chi connectivity index (χ4n) is 5.63. The molecule has 0 aromatic heterocycles. The van der Waals surface area contributed by atoms with E-state index >= 15 is 0 Å². The van der Waals surface area contributed by atoms with Gasteiger partial charge in [0.05, 0.1) is 5.92 Å². The molecule has 186 valence electrons. The number of rotatable bonds is 7. The summed E-state index contributed by atoms with van der Waals surface area (Å²) >= 11 is 0. The van der Waals surface area contributed by atoms with Crippen molar-refractivity contribution in [3.8, 4) is 11.1 Å². The van der Waals surface area contributed by atoms with Crippen LogP contribution in [0.5, 0.6) is 0 Å². The number of carbonyl (C=O) groups excluding carboxylic acids is 2. The first-order valence-corrected chi connectivity index (χ1v) is 12.4. The van der Waals surface area contributed by atoms with Gasteiger partial charge >= 0.3 is 12.1 Å². The molecule has 1 saturated heterocycles. The molecule has 2 N–H and O–H groups in total. The van der Waals surface area contributed by atoms with Crippen molar-refractivity contribution >= 4 is 18.0 Å². The SMILES string of the molecule is CCCC(C)(NC(=O)OCC1c2ccccc2-c2ccccc21)C(=O)N1CC(C)CC(C(=O)O)C1. The number of piperidine rings is 1. The van der Waals surface area contributed by atoms with Gasteiger partial charge in [-0.2, -0.15) is 0 Å². The van der Waals surface area contributed by atoms with Gasteiger partial charge in [0.15, 0.2) is 0 Å². The van der Waals surface area contributed by atoms with Crippen molar-refractivity contribution in [2.45, 2.75) is 51.5 Å².